The van der Waals surface area contributed by atoms with E-state index in [9.17, 15) is 14.4 Å². The van der Waals surface area contributed by atoms with Crippen molar-refractivity contribution in [3.63, 3.8) is 0 Å². The van der Waals surface area contributed by atoms with Crippen molar-refractivity contribution in [2.75, 3.05) is 13.1 Å². The van der Waals surface area contributed by atoms with Gasteiger partial charge < -0.3 is 10.2 Å². The third-order valence-electron chi connectivity index (χ3n) is 4.75. The first kappa shape index (κ1) is 20.1. The quantitative estimate of drug-likeness (QED) is 0.762. The van der Waals surface area contributed by atoms with Crippen LogP contribution in [0.25, 0.3) is 0 Å². The van der Waals surface area contributed by atoms with Crippen LogP contribution in [0.3, 0.4) is 0 Å². The number of nitrogens with zero attached hydrogens (tertiary/aromatic N) is 1. The molecule has 0 aliphatic carbocycles. The summed E-state index contributed by atoms with van der Waals surface area (Å²) in [6.45, 7) is 7.32. The number of benzene rings is 1. The highest BCUT2D eigenvalue weighted by molar-refractivity contribution is 5.98. The maximum atomic E-state index is 12.3. The van der Waals surface area contributed by atoms with Crippen LogP contribution in [0.4, 0.5) is 0 Å². The molecule has 1 aromatic carbocycles. The molecule has 1 N–H and O–H groups in total. The number of aryl methyl sites for hydroxylation is 1. The molecular weight excluding hydrogens is 328 g/mol. The minimum atomic E-state index is 0.00850. The van der Waals surface area contributed by atoms with E-state index < -0.39 is 0 Å². The third-order valence-corrected chi connectivity index (χ3v) is 4.75. The molecule has 1 aliphatic heterocycles. The zero-order chi connectivity index (χ0) is 19.1. The van der Waals surface area contributed by atoms with Gasteiger partial charge in [-0.15, -0.1) is 0 Å². The summed E-state index contributed by atoms with van der Waals surface area (Å²) in [4.78, 5) is 38.2. The highest BCUT2D eigenvalue weighted by Gasteiger charge is 2.24. The summed E-state index contributed by atoms with van der Waals surface area (Å²) in [6.07, 6.45) is 2.59. The molecule has 0 radical (unpaired) electrons. The molecule has 1 aliphatic rings. The topological polar surface area (TPSA) is 66.5 Å². The standard InChI is InChI=1S/C21H30N2O3/c1-15(2)14-20(25)22-18-10-12-23(13-11-18)21(26)9-8-19(24)17-6-4-16(3)5-7-17/h4-7,15,18H,8-14H2,1-3H3,(H,22,25). The van der Waals surface area contributed by atoms with E-state index in [0.29, 0.717) is 31.0 Å². The molecule has 2 amide bonds. The Labute approximate surface area is 156 Å². The predicted octanol–water partition coefficient (Wildman–Crippen LogP) is 3.11. The summed E-state index contributed by atoms with van der Waals surface area (Å²) in [7, 11) is 0. The number of carbonyl (C=O) groups is 3. The van der Waals surface area contributed by atoms with Crippen LogP contribution in [0.15, 0.2) is 24.3 Å². The van der Waals surface area contributed by atoms with E-state index in [4.69, 9.17) is 0 Å². The fourth-order valence-electron chi connectivity index (χ4n) is 3.19. The summed E-state index contributed by atoms with van der Waals surface area (Å²) in [6, 6.07) is 7.60. The highest BCUT2D eigenvalue weighted by Crippen LogP contribution is 2.14. The van der Waals surface area contributed by atoms with Gasteiger partial charge in [-0.25, -0.2) is 0 Å². The second-order valence-electron chi connectivity index (χ2n) is 7.61. The zero-order valence-electron chi connectivity index (χ0n) is 16.1. The van der Waals surface area contributed by atoms with Crippen LogP contribution in [0.2, 0.25) is 0 Å². The van der Waals surface area contributed by atoms with E-state index >= 15 is 0 Å². The molecule has 142 valence electrons. The first-order chi connectivity index (χ1) is 12.3. The fraction of sp³-hybridized carbons (Fsp3) is 0.571. The third kappa shape index (κ3) is 6.28. The Morgan fingerprint density at radius 2 is 1.69 bits per heavy atom. The SMILES string of the molecule is Cc1ccc(C(=O)CCC(=O)N2CCC(NC(=O)CC(C)C)CC2)cc1. The Hall–Kier alpha value is -2.17. The minimum Gasteiger partial charge on any atom is -0.353 e. The van der Waals surface area contributed by atoms with Gasteiger partial charge in [0.25, 0.3) is 0 Å². The lowest BCUT2D eigenvalue weighted by molar-refractivity contribution is -0.132. The van der Waals surface area contributed by atoms with Gasteiger partial charge in [0.05, 0.1) is 0 Å². The molecular formula is C21H30N2O3. The second kappa shape index (κ2) is 9.51. The number of hydrogen-bond donors (Lipinski definition) is 1. The van der Waals surface area contributed by atoms with Crippen molar-refractivity contribution in [2.24, 2.45) is 5.92 Å². The Balaban J connectivity index is 1.72. The van der Waals surface area contributed by atoms with Gasteiger partial charge in [0.2, 0.25) is 11.8 Å². The van der Waals surface area contributed by atoms with Crippen molar-refractivity contribution >= 4 is 17.6 Å². The smallest absolute Gasteiger partial charge is 0.223 e. The molecule has 1 saturated heterocycles. The maximum absolute atomic E-state index is 12.3. The van der Waals surface area contributed by atoms with Crippen LogP contribution in [0, 0.1) is 12.8 Å². The molecule has 2 rings (SSSR count). The molecule has 0 unspecified atom stereocenters. The summed E-state index contributed by atoms with van der Waals surface area (Å²) >= 11 is 0. The summed E-state index contributed by atoms with van der Waals surface area (Å²) < 4.78 is 0. The lowest BCUT2D eigenvalue weighted by Gasteiger charge is -2.32. The molecule has 0 bridgehead atoms. The molecule has 0 aromatic heterocycles. The second-order valence-corrected chi connectivity index (χ2v) is 7.61. The maximum Gasteiger partial charge on any atom is 0.223 e. The van der Waals surface area contributed by atoms with Gasteiger partial charge in [-0.3, -0.25) is 14.4 Å². The Morgan fingerprint density at radius 3 is 2.27 bits per heavy atom. The van der Waals surface area contributed by atoms with E-state index in [-0.39, 0.29) is 36.5 Å². The number of carbonyl (C=O) groups excluding carboxylic acids is 3. The number of Topliss-reactive ketones (excluding diaryl/α,β-unsaturated/α-hetero) is 1. The highest BCUT2D eigenvalue weighted by atomic mass is 16.2. The number of rotatable bonds is 7. The fourth-order valence-corrected chi connectivity index (χ4v) is 3.19. The van der Waals surface area contributed by atoms with Crippen molar-refractivity contribution in [1.82, 2.24) is 10.2 Å². The van der Waals surface area contributed by atoms with E-state index in [1.807, 2.05) is 49.9 Å². The number of amides is 2. The van der Waals surface area contributed by atoms with E-state index in [1.165, 1.54) is 0 Å². The summed E-state index contributed by atoms with van der Waals surface area (Å²) in [5, 5.41) is 3.05. The van der Waals surface area contributed by atoms with Crippen LogP contribution in [0.5, 0.6) is 0 Å². The Bertz CT molecular complexity index is 629. The van der Waals surface area contributed by atoms with Crippen molar-refractivity contribution in [3.8, 4) is 0 Å². The lowest BCUT2D eigenvalue weighted by Crippen LogP contribution is -2.46. The Kier molecular flexibility index (Phi) is 7.37. The number of nitrogens with one attached hydrogen (secondary N) is 1. The number of hydrogen-bond acceptors (Lipinski definition) is 3. The predicted molar refractivity (Wildman–Crippen MR) is 102 cm³/mol. The summed E-state index contributed by atoms with van der Waals surface area (Å²) in [5.74, 6) is 0.475. The van der Waals surface area contributed by atoms with Crippen LogP contribution >= 0.6 is 0 Å². The van der Waals surface area contributed by atoms with Crippen LogP contribution in [-0.2, 0) is 9.59 Å². The normalized spacial score (nSPS) is 15.2. The van der Waals surface area contributed by atoms with Crippen molar-refractivity contribution < 1.29 is 14.4 Å². The average Bonchev–Trinajstić information content (AvgIpc) is 2.60. The molecule has 5 heteroatoms. The van der Waals surface area contributed by atoms with E-state index in [1.54, 1.807) is 0 Å². The van der Waals surface area contributed by atoms with E-state index in [2.05, 4.69) is 5.32 Å². The minimum absolute atomic E-state index is 0.00850. The summed E-state index contributed by atoms with van der Waals surface area (Å²) in [5.41, 5.74) is 1.77. The van der Waals surface area contributed by atoms with Gasteiger partial charge in [0.15, 0.2) is 5.78 Å². The van der Waals surface area contributed by atoms with Crippen molar-refractivity contribution in [3.05, 3.63) is 35.4 Å². The monoisotopic (exact) mass is 358 g/mol. The number of ketones is 1. The molecule has 0 spiro atoms. The molecule has 1 aromatic rings. The van der Waals surface area contributed by atoms with Gasteiger partial charge in [-0.2, -0.15) is 0 Å². The zero-order valence-corrected chi connectivity index (χ0v) is 16.1. The van der Waals surface area contributed by atoms with Crippen molar-refractivity contribution in [2.45, 2.75) is 58.9 Å². The van der Waals surface area contributed by atoms with Crippen LogP contribution < -0.4 is 5.32 Å². The number of likely N-dealkylation sites (tertiary alicyclic amines) is 1. The first-order valence-electron chi connectivity index (χ1n) is 9.52. The van der Waals surface area contributed by atoms with Crippen molar-refractivity contribution in [1.29, 1.82) is 0 Å². The molecule has 26 heavy (non-hydrogen) atoms. The molecule has 0 saturated carbocycles. The molecule has 1 heterocycles. The van der Waals surface area contributed by atoms with Crippen LogP contribution in [0.1, 0.15) is 61.9 Å². The molecule has 1 fully saturated rings. The van der Waals surface area contributed by atoms with Gasteiger partial charge >= 0.3 is 0 Å². The Morgan fingerprint density at radius 1 is 1.08 bits per heavy atom. The first-order valence-corrected chi connectivity index (χ1v) is 9.52. The number of piperidine rings is 1. The van der Waals surface area contributed by atoms with Gasteiger partial charge in [0.1, 0.15) is 0 Å². The molecule has 5 nitrogen and oxygen atoms in total. The molecule has 0 atom stereocenters. The van der Waals surface area contributed by atoms with Gasteiger partial charge in [-0.1, -0.05) is 43.7 Å². The van der Waals surface area contributed by atoms with Gasteiger partial charge in [0, 0.05) is 44.0 Å². The lowest BCUT2D eigenvalue weighted by atomic mass is 10.0. The van der Waals surface area contributed by atoms with Crippen LogP contribution in [-0.4, -0.2) is 41.6 Å². The van der Waals surface area contributed by atoms with Gasteiger partial charge in [-0.05, 0) is 25.7 Å². The van der Waals surface area contributed by atoms with E-state index in [0.717, 1.165) is 18.4 Å². The average molecular weight is 358 g/mol. The largest absolute Gasteiger partial charge is 0.353 e.